The number of carboxylic acids is 1. The molecule has 3 saturated heterocycles. The normalized spacial score (nSPS) is 35.4. The van der Waals surface area contributed by atoms with Crippen LogP contribution in [-0.4, -0.2) is 128 Å². The van der Waals surface area contributed by atoms with E-state index in [0.29, 0.717) is 12.8 Å². The van der Waals surface area contributed by atoms with E-state index in [4.69, 9.17) is 23.7 Å². The number of unbranched alkanes of at least 4 members (excludes halogenated alkanes) is 10. The van der Waals surface area contributed by atoms with E-state index in [1.165, 1.54) is 0 Å². The molecule has 3 heterocycles. The highest BCUT2D eigenvalue weighted by molar-refractivity contribution is 5.97. The molecule has 46 heavy (non-hydrogen) atoms. The highest BCUT2D eigenvalue weighted by Crippen LogP contribution is 2.33. The molecule has 14 heteroatoms. The van der Waals surface area contributed by atoms with E-state index < -0.39 is 85.9 Å². The maximum atomic E-state index is 11.6. The predicted molar refractivity (Wildman–Crippen MR) is 161 cm³/mol. The summed E-state index contributed by atoms with van der Waals surface area (Å²) in [6.45, 7) is 3.68. The minimum absolute atomic E-state index is 0.0334. The summed E-state index contributed by atoms with van der Waals surface area (Å²) in [6.07, 6.45) is 2.19. The van der Waals surface area contributed by atoms with Crippen LogP contribution in [0, 0.1) is 5.92 Å². The Morgan fingerprint density at radius 3 is 2.07 bits per heavy atom. The number of hydrogen-bond donors (Lipinski definition) is 7. The van der Waals surface area contributed by atoms with Crippen LogP contribution in [-0.2, 0) is 33.3 Å². The minimum Gasteiger partial charge on any atom is -0.481 e. The van der Waals surface area contributed by atoms with Gasteiger partial charge in [0.05, 0.1) is 25.9 Å². The van der Waals surface area contributed by atoms with E-state index in [1.54, 1.807) is 0 Å². The topological polar surface area (TPSA) is 222 Å². The zero-order chi connectivity index (χ0) is 33.9. The van der Waals surface area contributed by atoms with Gasteiger partial charge in [0, 0.05) is 5.57 Å². The summed E-state index contributed by atoms with van der Waals surface area (Å²) >= 11 is 0. The summed E-state index contributed by atoms with van der Waals surface area (Å²) in [7, 11) is 0. The lowest BCUT2D eigenvalue weighted by Crippen LogP contribution is -2.62. The Morgan fingerprint density at radius 2 is 1.52 bits per heavy atom. The molecule has 0 bridgehead atoms. The Bertz CT molecular complexity index is 963. The first-order chi connectivity index (χ1) is 21.9. The second kappa shape index (κ2) is 18.7. The van der Waals surface area contributed by atoms with Crippen molar-refractivity contribution < 1.29 is 69.0 Å². The van der Waals surface area contributed by atoms with Crippen molar-refractivity contribution in [1.82, 2.24) is 0 Å². The first-order valence-electron chi connectivity index (χ1n) is 16.6. The monoisotopic (exact) mass is 662 g/mol. The van der Waals surface area contributed by atoms with E-state index in [2.05, 4.69) is 6.58 Å². The van der Waals surface area contributed by atoms with Crippen molar-refractivity contribution in [3.8, 4) is 0 Å². The molecule has 0 radical (unpaired) electrons. The average Bonchev–Trinajstić information content (AvgIpc) is 3.48. The molecule has 0 amide bonds. The standard InChI is InChI=1S/C32H54O14/c1-19(43-30-26(25(36)24(35)22(16-33)45-30)46-31-27(37)32(41,17-34)18-42-31)14-12-10-8-6-4-3-5-7-9-11-13-15-21-23(28(38)39)20(2)29(40)44-21/h19,21-27,30-31,33-37,41H,2-18H2,1H3,(H,38,39)/t19-,21-,22+,23+,24+,25-,26+,27-,30+,31-,32+/m0/s1. The zero-order valence-electron chi connectivity index (χ0n) is 26.8. The first-order valence-corrected chi connectivity index (χ1v) is 16.6. The van der Waals surface area contributed by atoms with Crippen molar-refractivity contribution in [1.29, 1.82) is 0 Å². The molecule has 3 aliphatic rings. The second-order valence-electron chi connectivity index (χ2n) is 12.9. The Kier molecular flexibility index (Phi) is 15.8. The number of aliphatic carboxylic acids is 1. The molecule has 0 aliphatic carbocycles. The summed E-state index contributed by atoms with van der Waals surface area (Å²) in [5.41, 5.74) is -1.89. The minimum atomic E-state index is -1.93. The van der Waals surface area contributed by atoms with Gasteiger partial charge in [-0.3, -0.25) is 4.79 Å². The Hall–Kier alpha value is -1.72. The first kappa shape index (κ1) is 38.7. The van der Waals surface area contributed by atoms with Gasteiger partial charge in [-0.1, -0.05) is 70.8 Å². The molecular weight excluding hydrogens is 608 g/mol. The highest BCUT2D eigenvalue weighted by Gasteiger charge is 2.53. The second-order valence-corrected chi connectivity index (χ2v) is 12.9. The molecule has 3 fully saturated rings. The van der Waals surface area contributed by atoms with Crippen molar-refractivity contribution in [3.05, 3.63) is 12.2 Å². The molecule has 266 valence electrons. The van der Waals surface area contributed by atoms with E-state index in [0.717, 1.165) is 70.6 Å². The fraction of sp³-hybridized carbons (Fsp3) is 0.875. The van der Waals surface area contributed by atoms with Gasteiger partial charge in [0.2, 0.25) is 0 Å². The Balaban J connectivity index is 1.25. The third kappa shape index (κ3) is 10.4. The molecule has 0 aromatic carbocycles. The van der Waals surface area contributed by atoms with E-state index in [9.17, 15) is 45.3 Å². The number of carboxylic acid groups (broad SMARTS) is 1. The van der Waals surface area contributed by atoms with Gasteiger partial charge in [-0.25, -0.2) is 4.79 Å². The van der Waals surface area contributed by atoms with Crippen LogP contribution in [0.2, 0.25) is 0 Å². The van der Waals surface area contributed by atoms with Gasteiger partial charge in [-0.15, -0.1) is 0 Å². The van der Waals surface area contributed by atoms with Crippen LogP contribution in [0.1, 0.15) is 90.4 Å². The molecule has 7 N–H and O–H groups in total. The molecule has 3 rings (SSSR count). The summed E-state index contributed by atoms with van der Waals surface area (Å²) in [5, 5.41) is 69.9. The van der Waals surface area contributed by atoms with Crippen LogP contribution < -0.4 is 0 Å². The van der Waals surface area contributed by atoms with Gasteiger partial charge in [-0.05, 0) is 26.2 Å². The third-order valence-electron chi connectivity index (χ3n) is 9.20. The van der Waals surface area contributed by atoms with Crippen molar-refractivity contribution in [2.75, 3.05) is 19.8 Å². The van der Waals surface area contributed by atoms with Gasteiger partial charge >= 0.3 is 11.9 Å². The lowest BCUT2D eigenvalue weighted by Gasteiger charge is -2.43. The van der Waals surface area contributed by atoms with Gasteiger partial charge in [-0.2, -0.15) is 0 Å². The zero-order valence-corrected chi connectivity index (χ0v) is 26.8. The third-order valence-corrected chi connectivity index (χ3v) is 9.20. The molecule has 11 atom stereocenters. The summed E-state index contributed by atoms with van der Waals surface area (Å²) in [6, 6.07) is 0. The van der Waals surface area contributed by atoms with Crippen molar-refractivity contribution >= 4 is 11.9 Å². The lowest BCUT2D eigenvalue weighted by molar-refractivity contribution is -0.342. The van der Waals surface area contributed by atoms with Gasteiger partial charge in [0.1, 0.15) is 48.1 Å². The quantitative estimate of drug-likeness (QED) is 0.0516. The summed E-state index contributed by atoms with van der Waals surface area (Å²) in [5.74, 6) is -2.60. The molecular formula is C32H54O14. The highest BCUT2D eigenvalue weighted by atomic mass is 16.8. The molecule has 0 unspecified atom stereocenters. The number of aliphatic hydroxyl groups excluding tert-OH is 5. The lowest BCUT2D eigenvalue weighted by atomic mass is 9.93. The molecule has 0 aromatic heterocycles. The summed E-state index contributed by atoms with van der Waals surface area (Å²) in [4.78, 5) is 23.0. The number of carbonyl (C=O) groups is 2. The van der Waals surface area contributed by atoms with Crippen LogP contribution in [0.5, 0.6) is 0 Å². The van der Waals surface area contributed by atoms with Crippen molar-refractivity contribution in [2.24, 2.45) is 5.92 Å². The number of carbonyl (C=O) groups excluding carboxylic acids is 1. The van der Waals surface area contributed by atoms with Crippen molar-refractivity contribution in [2.45, 2.75) is 151 Å². The number of hydrogen-bond acceptors (Lipinski definition) is 13. The largest absolute Gasteiger partial charge is 0.481 e. The number of rotatable bonds is 21. The Morgan fingerprint density at radius 1 is 0.935 bits per heavy atom. The van der Waals surface area contributed by atoms with Crippen LogP contribution in [0.15, 0.2) is 12.2 Å². The van der Waals surface area contributed by atoms with Gasteiger partial charge in [0.25, 0.3) is 0 Å². The number of aliphatic hydroxyl groups is 6. The Labute approximate surface area is 270 Å². The van der Waals surface area contributed by atoms with Crippen LogP contribution >= 0.6 is 0 Å². The van der Waals surface area contributed by atoms with Crippen LogP contribution in [0.4, 0.5) is 0 Å². The predicted octanol–water partition coefficient (Wildman–Crippen LogP) is 0.910. The fourth-order valence-corrected chi connectivity index (χ4v) is 6.21. The van der Waals surface area contributed by atoms with Gasteiger partial charge in [0.15, 0.2) is 12.6 Å². The van der Waals surface area contributed by atoms with Crippen molar-refractivity contribution in [3.63, 3.8) is 0 Å². The number of cyclic esters (lactones) is 1. The molecule has 3 aliphatic heterocycles. The number of esters is 1. The average molecular weight is 663 g/mol. The summed E-state index contributed by atoms with van der Waals surface area (Å²) < 4.78 is 27.8. The maximum Gasteiger partial charge on any atom is 0.334 e. The van der Waals surface area contributed by atoms with E-state index in [1.807, 2.05) is 6.92 Å². The van der Waals surface area contributed by atoms with Gasteiger partial charge < -0.3 is 59.4 Å². The van der Waals surface area contributed by atoms with E-state index >= 15 is 0 Å². The van der Waals surface area contributed by atoms with Crippen LogP contribution in [0.3, 0.4) is 0 Å². The van der Waals surface area contributed by atoms with E-state index in [-0.39, 0.29) is 18.3 Å². The fourth-order valence-electron chi connectivity index (χ4n) is 6.21. The smallest absolute Gasteiger partial charge is 0.334 e. The molecule has 0 aromatic rings. The SMILES string of the molecule is C=C1C(=O)O[C@@H](CCCCCCCCCCCCC[C@H](C)O[C@@H]2O[C@H](CO)[C@@H](O)[C@H](O)[C@H]2O[C@@H]2OC[C@](O)(CO)[C@H]2O)[C@@H]1C(=O)O. The number of ether oxygens (including phenoxy) is 5. The molecule has 0 saturated carbocycles. The molecule has 14 nitrogen and oxygen atoms in total. The van der Waals surface area contributed by atoms with Crippen LogP contribution in [0.25, 0.3) is 0 Å². The maximum absolute atomic E-state index is 11.6. The molecule has 0 spiro atoms.